The summed E-state index contributed by atoms with van der Waals surface area (Å²) in [4.78, 5) is 10.4. The fraction of sp³-hybridized carbons (Fsp3) is 0.500. The second kappa shape index (κ2) is 7.81. The SMILES string of the molecule is NC(=NCCOc1ncc(Cl)cc1Cl)N1CCSCC1. The first-order valence-corrected chi connectivity index (χ1v) is 8.14. The number of hydrogen-bond acceptors (Lipinski definition) is 4. The van der Waals surface area contributed by atoms with Crippen molar-refractivity contribution < 1.29 is 4.74 Å². The van der Waals surface area contributed by atoms with Gasteiger partial charge in [0.15, 0.2) is 5.96 Å². The minimum atomic E-state index is 0.360. The smallest absolute Gasteiger partial charge is 0.232 e. The predicted octanol–water partition coefficient (Wildman–Crippen LogP) is 2.13. The van der Waals surface area contributed by atoms with Gasteiger partial charge in [0.25, 0.3) is 0 Å². The van der Waals surface area contributed by atoms with Crippen molar-refractivity contribution in [2.75, 3.05) is 37.7 Å². The first kappa shape index (κ1) is 15.5. The molecule has 0 bridgehead atoms. The van der Waals surface area contributed by atoms with Crippen LogP contribution in [0.15, 0.2) is 17.3 Å². The quantitative estimate of drug-likeness (QED) is 0.519. The fourth-order valence-corrected chi connectivity index (χ4v) is 3.04. The number of halogens is 2. The molecule has 1 fully saturated rings. The summed E-state index contributed by atoms with van der Waals surface area (Å²) in [5.74, 6) is 3.12. The Morgan fingerprint density at radius 2 is 2.20 bits per heavy atom. The van der Waals surface area contributed by atoms with Gasteiger partial charge in [-0.2, -0.15) is 11.8 Å². The Hall–Kier alpha value is -0.850. The van der Waals surface area contributed by atoms with E-state index in [2.05, 4.69) is 14.9 Å². The van der Waals surface area contributed by atoms with Crippen molar-refractivity contribution in [2.24, 2.45) is 10.7 Å². The average molecular weight is 335 g/mol. The molecule has 20 heavy (non-hydrogen) atoms. The van der Waals surface area contributed by atoms with Gasteiger partial charge in [0.1, 0.15) is 11.6 Å². The van der Waals surface area contributed by atoms with E-state index in [4.69, 9.17) is 33.7 Å². The summed E-state index contributed by atoms with van der Waals surface area (Å²) >= 11 is 13.6. The normalized spacial score (nSPS) is 16.3. The summed E-state index contributed by atoms with van der Waals surface area (Å²) in [7, 11) is 0. The summed E-state index contributed by atoms with van der Waals surface area (Å²) in [6.07, 6.45) is 1.49. The number of nitrogens with zero attached hydrogens (tertiary/aromatic N) is 3. The van der Waals surface area contributed by atoms with E-state index in [0.717, 1.165) is 24.6 Å². The Balaban J connectivity index is 1.77. The molecular formula is C12H16Cl2N4OS. The van der Waals surface area contributed by atoms with Crippen molar-refractivity contribution >= 4 is 40.9 Å². The summed E-state index contributed by atoms with van der Waals surface area (Å²) in [5, 5.41) is 0.870. The molecule has 0 aromatic carbocycles. The number of guanidine groups is 1. The Bertz CT molecular complexity index is 481. The van der Waals surface area contributed by atoms with Crippen LogP contribution in [-0.2, 0) is 0 Å². The van der Waals surface area contributed by atoms with Crippen LogP contribution in [0.2, 0.25) is 10.0 Å². The first-order valence-electron chi connectivity index (χ1n) is 6.23. The Morgan fingerprint density at radius 1 is 1.45 bits per heavy atom. The van der Waals surface area contributed by atoms with Crippen LogP contribution in [0.5, 0.6) is 5.88 Å². The lowest BCUT2D eigenvalue weighted by atomic mass is 10.5. The number of pyridine rings is 1. The minimum Gasteiger partial charge on any atom is -0.475 e. The lowest BCUT2D eigenvalue weighted by Gasteiger charge is -2.27. The van der Waals surface area contributed by atoms with Gasteiger partial charge in [-0.05, 0) is 6.07 Å². The largest absolute Gasteiger partial charge is 0.475 e. The molecule has 0 unspecified atom stereocenters. The van der Waals surface area contributed by atoms with E-state index in [0.29, 0.717) is 35.0 Å². The van der Waals surface area contributed by atoms with Crippen LogP contribution in [0.3, 0.4) is 0 Å². The third-order valence-electron chi connectivity index (χ3n) is 2.71. The molecule has 0 atom stereocenters. The number of aliphatic imine (C=N–C) groups is 1. The Kier molecular flexibility index (Phi) is 6.06. The van der Waals surface area contributed by atoms with Crippen molar-refractivity contribution in [3.63, 3.8) is 0 Å². The fourth-order valence-electron chi connectivity index (χ4n) is 1.70. The molecule has 0 amide bonds. The van der Waals surface area contributed by atoms with Crippen LogP contribution >= 0.6 is 35.0 Å². The molecule has 0 spiro atoms. The molecule has 0 aliphatic carbocycles. The molecule has 2 rings (SSSR count). The predicted molar refractivity (Wildman–Crippen MR) is 85.1 cm³/mol. The number of thioether (sulfide) groups is 1. The lowest BCUT2D eigenvalue weighted by Crippen LogP contribution is -2.42. The molecule has 0 radical (unpaired) electrons. The van der Waals surface area contributed by atoms with Gasteiger partial charge in [0.2, 0.25) is 5.88 Å². The van der Waals surface area contributed by atoms with Crippen LogP contribution in [0.1, 0.15) is 0 Å². The Morgan fingerprint density at radius 3 is 2.90 bits per heavy atom. The zero-order valence-corrected chi connectivity index (χ0v) is 13.2. The van der Waals surface area contributed by atoms with Gasteiger partial charge in [-0.25, -0.2) is 9.98 Å². The molecule has 1 saturated heterocycles. The van der Waals surface area contributed by atoms with Gasteiger partial charge in [-0.1, -0.05) is 23.2 Å². The maximum absolute atomic E-state index is 5.95. The summed E-state index contributed by atoms with van der Waals surface area (Å²) in [6.45, 7) is 2.74. The molecule has 1 aromatic rings. The number of hydrogen-bond donors (Lipinski definition) is 1. The standard InChI is InChI=1S/C12H16Cl2N4OS/c13-9-7-10(14)11(17-8-9)19-4-1-16-12(15)18-2-5-20-6-3-18/h7-8H,1-6H2,(H2,15,16). The van der Waals surface area contributed by atoms with Crippen LogP contribution in [0.4, 0.5) is 0 Å². The van der Waals surface area contributed by atoms with Crippen molar-refractivity contribution in [3.05, 3.63) is 22.3 Å². The lowest BCUT2D eigenvalue weighted by molar-refractivity contribution is 0.315. The highest BCUT2D eigenvalue weighted by molar-refractivity contribution is 7.99. The zero-order valence-electron chi connectivity index (χ0n) is 10.9. The van der Waals surface area contributed by atoms with E-state index in [9.17, 15) is 0 Å². The highest BCUT2D eigenvalue weighted by Gasteiger charge is 2.11. The molecule has 110 valence electrons. The van der Waals surface area contributed by atoms with Gasteiger partial charge >= 0.3 is 0 Å². The zero-order chi connectivity index (χ0) is 14.4. The van der Waals surface area contributed by atoms with Crippen LogP contribution in [0.25, 0.3) is 0 Å². The van der Waals surface area contributed by atoms with E-state index in [1.807, 2.05) is 11.8 Å². The van der Waals surface area contributed by atoms with E-state index in [1.165, 1.54) is 6.20 Å². The minimum absolute atomic E-state index is 0.360. The highest BCUT2D eigenvalue weighted by atomic mass is 35.5. The van der Waals surface area contributed by atoms with Gasteiger partial charge in [-0.3, -0.25) is 0 Å². The molecular weight excluding hydrogens is 319 g/mol. The van der Waals surface area contributed by atoms with E-state index in [1.54, 1.807) is 6.07 Å². The number of rotatable bonds is 4. The number of nitrogens with two attached hydrogens (primary N) is 1. The Labute approximate surface area is 132 Å². The summed E-state index contributed by atoms with van der Waals surface area (Å²) < 4.78 is 5.44. The third-order valence-corrected chi connectivity index (χ3v) is 4.13. The molecule has 0 saturated carbocycles. The molecule has 2 N–H and O–H groups in total. The molecule has 8 heteroatoms. The number of aromatic nitrogens is 1. The third kappa shape index (κ3) is 4.61. The van der Waals surface area contributed by atoms with Crippen LogP contribution in [-0.4, -0.2) is 53.6 Å². The second-order valence-electron chi connectivity index (χ2n) is 4.13. The molecule has 1 aromatic heterocycles. The van der Waals surface area contributed by atoms with E-state index < -0.39 is 0 Å². The highest BCUT2D eigenvalue weighted by Crippen LogP contribution is 2.24. The summed E-state index contributed by atoms with van der Waals surface area (Å²) in [5.41, 5.74) is 5.93. The van der Waals surface area contributed by atoms with Gasteiger partial charge in [-0.15, -0.1) is 0 Å². The molecule has 5 nitrogen and oxygen atoms in total. The summed E-state index contributed by atoms with van der Waals surface area (Å²) in [6, 6.07) is 1.59. The molecule has 2 heterocycles. The maximum Gasteiger partial charge on any atom is 0.232 e. The monoisotopic (exact) mass is 334 g/mol. The first-order chi connectivity index (χ1) is 9.66. The van der Waals surface area contributed by atoms with Crippen molar-refractivity contribution in [2.45, 2.75) is 0 Å². The van der Waals surface area contributed by atoms with Crippen molar-refractivity contribution in [3.8, 4) is 5.88 Å². The second-order valence-corrected chi connectivity index (χ2v) is 6.20. The molecule has 1 aliphatic heterocycles. The topological polar surface area (TPSA) is 63.7 Å². The van der Waals surface area contributed by atoms with Gasteiger partial charge in [0, 0.05) is 30.8 Å². The van der Waals surface area contributed by atoms with Crippen molar-refractivity contribution in [1.82, 2.24) is 9.88 Å². The molecule has 1 aliphatic rings. The van der Waals surface area contributed by atoms with Gasteiger partial charge < -0.3 is 15.4 Å². The van der Waals surface area contributed by atoms with Crippen LogP contribution < -0.4 is 10.5 Å². The maximum atomic E-state index is 5.95. The van der Waals surface area contributed by atoms with Crippen LogP contribution in [0, 0.1) is 0 Å². The number of ether oxygens (including phenoxy) is 1. The van der Waals surface area contributed by atoms with E-state index >= 15 is 0 Å². The average Bonchev–Trinajstić information content (AvgIpc) is 2.46. The van der Waals surface area contributed by atoms with Crippen molar-refractivity contribution in [1.29, 1.82) is 0 Å². The van der Waals surface area contributed by atoms with Gasteiger partial charge in [0.05, 0.1) is 11.6 Å². The van der Waals surface area contributed by atoms with E-state index in [-0.39, 0.29) is 0 Å².